The van der Waals surface area contributed by atoms with Gasteiger partial charge in [-0.3, -0.25) is 10.1 Å². The minimum absolute atomic E-state index is 0.219. The highest BCUT2D eigenvalue weighted by atomic mass is 19.1. The van der Waals surface area contributed by atoms with Crippen molar-refractivity contribution >= 4 is 11.4 Å². The third-order valence-electron chi connectivity index (χ3n) is 3.40. The lowest BCUT2D eigenvalue weighted by Crippen LogP contribution is -2.07. The van der Waals surface area contributed by atoms with Crippen LogP contribution in [0.25, 0.3) is 0 Å². The largest absolute Gasteiger partial charge is 0.373 e. The number of benzene rings is 2. The van der Waals surface area contributed by atoms with Gasteiger partial charge in [0.05, 0.1) is 11.0 Å². The molecule has 2 aromatic carbocycles. The molecule has 1 N–H and O–H groups in total. The number of nitro benzene ring substituents is 1. The summed E-state index contributed by atoms with van der Waals surface area (Å²) >= 11 is 0. The predicted octanol–water partition coefficient (Wildman–Crippen LogP) is 4.10. The van der Waals surface area contributed by atoms with Crippen molar-refractivity contribution in [1.82, 2.24) is 0 Å². The molecule has 4 nitrogen and oxygen atoms in total. The summed E-state index contributed by atoms with van der Waals surface area (Å²) < 4.78 is 26.8. The van der Waals surface area contributed by atoms with Gasteiger partial charge < -0.3 is 5.32 Å². The molecular formula is C15H14F2N2O2. The molecule has 0 aromatic heterocycles. The lowest BCUT2D eigenvalue weighted by Gasteiger charge is -2.12. The van der Waals surface area contributed by atoms with E-state index in [0.29, 0.717) is 12.1 Å². The van der Waals surface area contributed by atoms with Crippen molar-refractivity contribution in [3.63, 3.8) is 0 Å². The number of hydrogen-bond acceptors (Lipinski definition) is 3. The summed E-state index contributed by atoms with van der Waals surface area (Å²) in [5, 5.41) is 13.6. The quantitative estimate of drug-likeness (QED) is 0.681. The van der Waals surface area contributed by atoms with Crippen LogP contribution in [-0.4, -0.2) is 4.92 Å². The number of nitrogens with zero attached hydrogens (tertiary/aromatic N) is 1. The fourth-order valence-electron chi connectivity index (χ4n) is 2.07. The Kier molecular flexibility index (Phi) is 4.16. The molecule has 0 saturated heterocycles. The second kappa shape index (κ2) is 5.87. The number of aryl methyl sites for hydroxylation is 1. The Morgan fingerprint density at radius 3 is 2.62 bits per heavy atom. The second-order valence-corrected chi connectivity index (χ2v) is 4.75. The van der Waals surface area contributed by atoms with Crippen molar-refractivity contribution in [2.45, 2.75) is 20.4 Å². The average Bonchev–Trinajstić information content (AvgIpc) is 2.41. The maximum Gasteiger partial charge on any atom is 0.298 e. The summed E-state index contributed by atoms with van der Waals surface area (Å²) in [6, 6.07) is 6.98. The number of nitro groups is 1. The first-order chi connectivity index (χ1) is 9.90. The van der Waals surface area contributed by atoms with Gasteiger partial charge in [0, 0.05) is 12.6 Å². The Labute approximate surface area is 120 Å². The molecule has 2 aromatic rings. The van der Waals surface area contributed by atoms with Crippen molar-refractivity contribution in [2.24, 2.45) is 0 Å². The van der Waals surface area contributed by atoms with Crippen LogP contribution in [0.1, 0.15) is 16.7 Å². The summed E-state index contributed by atoms with van der Waals surface area (Å²) in [5.41, 5.74) is 2.08. The second-order valence-electron chi connectivity index (χ2n) is 4.75. The van der Waals surface area contributed by atoms with Gasteiger partial charge in [-0.15, -0.1) is 0 Å². The number of hydrogen-bond donors (Lipinski definition) is 1. The fraction of sp³-hybridized carbons (Fsp3) is 0.200. The summed E-state index contributed by atoms with van der Waals surface area (Å²) in [6.07, 6.45) is 0. The first kappa shape index (κ1) is 14.9. The van der Waals surface area contributed by atoms with Gasteiger partial charge in [-0.1, -0.05) is 18.2 Å². The van der Waals surface area contributed by atoms with Gasteiger partial charge in [-0.05, 0) is 30.5 Å². The van der Waals surface area contributed by atoms with Crippen LogP contribution < -0.4 is 5.32 Å². The summed E-state index contributed by atoms with van der Waals surface area (Å²) in [7, 11) is 0. The monoisotopic (exact) mass is 292 g/mol. The van der Waals surface area contributed by atoms with Crippen molar-refractivity contribution in [3.05, 3.63) is 68.8 Å². The van der Waals surface area contributed by atoms with Crippen LogP contribution in [-0.2, 0) is 6.54 Å². The van der Waals surface area contributed by atoms with E-state index in [4.69, 9.17) is 0 Å². The molecular weight excluding hydrogens is 278 g/mol. The molecule has 0 aliphatic heterocycles. The molecule has 0 bridgehead atoms. The molecule has 2 rings (SSSR count). The standard InChI is InChI=1S/C15H14F2N2O2/c1-9-4-3-5-11(10(9)2)8-18-15-13(17)6-12(16)7-14(15)19(20)21/h3-7,18H,8H2,1-2H3. The Hall–Kier alpha value is -2.50. The lowest BCUT2D eigenvalue weighted by molar-refractivity contribution is -0.384. The maximum atomic E-state index is 13.7. The highest BCUT2D eigenvalue weighted by Crippen LogP contribution is 2.29. The van der Waals surface area contributed by atoms with Crippen molar-refractivity contribution in [2.75, 3.05) is 5.32 Å². The highest BCUT2D eigenvalue weighted by molar-refractivity contribution is 5.62. The molecule has 0 radical (unpaired) electrons. The van der Waals surface area contributed by atoms with Crippen molar-refractivity contribution < 1.29 is 13.7 Å². The fourth-order valence-corrected chi connectivity index (χ4v) is 2.07. The number of nitrogens with one attached hydrogen (secondary N) is 1. The van der Waals surface area contributed by atoms with E-state index >= 15 is 0 Å². The van der Waals surface area contributed by atoms with Crippen molar-refractivity contribution in [1.29, 1.82) is 0 Å². The van der Waals surface area contributed by atoms with E-state index in [1.165, 1.54) is 0 Å². The van der Waals surface area contributed by atoms with Crippen LogP contribution >= 0.6 is 0 Å². The first-order valence-corrected chi connectivity index (χ1v) is 6.32. The topological polar surface area (TPSA) is 55.2 Å². The molecule has 0 saturated carbocycles. The van der Waals surface area contributed by atoms with Gasteiger partial charge >= 0.3 is 0 Å². The van der Waals surface area contributed by atoms with E-state index in [0.717, 1.165) is 16.7 Å². The number of anilines is 1. The van der Waals surface area contributed by atoms with Gasteiger partial charge in [-0.2, -0.15) is 0 Å². The van der Waals surface area contributed by atoms with E-state index in [1.807, 2.05) is 32.0 Å². The summed E-state index contributed by atoms with van der Waals surface area (Å²) in [5.74, 6) is -1.96. The van der Waals surface area contributed by atoms with Crippen LogP contribution in [0.15, 0.2) is 30.3 Å². The van der Waals surface area contributed by atoms with E-state index in [1.54, 1.807) is 0 Å². The van der Waals surface area contributed by atoms with E-state index in [-0.39, 0.29) is 12.2 Å². The number of rotatable bonds is 4. The van der Waals surface area contributed by atoms with Gasteiger partial charge in [-0.25, -0.2) is 8.78 Å². The number of halogens is 2. The normalized spacial score (nSPS) is 10.5. The van der Waals surface area contributed by atoms with E-state index in [2.05, 4.69) is 5.32 Å². The summed E-state index contributed by atoms with van der Waals surface area (Å²) in [6.45, 7) is 4.08. The van der Waals surface area contributed by atoms with Crippen LogP contribution in [0, 0.1) is 35.6 Å². The van der Waals surface area contributed by atoms with Crippen molar-refractivity contribution in [3.8, 4) is 0 Å². The molecule has 0 unspecified atom stereocenters. The Bertz CT molecular complexity index is 702. The van der Waals surface area contributed by atoms with Gasteiger partial charge in [0.25, 0.3) is 5.69 Å². The molecule has 0 amide bonds. The van der Waals surface area contributed by atoms with E-state index < -0.39 is 22.2 Å². The van der Waals surface area contributed by atoms with Crippen LogP contribution in [0.2, 0.25) is 0 Å². The van der Waals surface area contributed by atoms with Gasteiger partial charge in [0.15, 0.2) is 5.82 Å². The minimum Gasteiger partial charge on any atom is -0.373 e. The third kappa shape index (κ3) is 3.16. The molecule has 0 fully saturated rings. The average molecular weight is 292 g/mol. The molecule has 21 heavy (non-hydrogen) atoms. The molecule has 6 heteroatoms. The zero-order valence-electron chi connectivity index (χ0n) is 11.6. The molecule has 0 spiro atoms. The van der Waals surface area contributed by atoms with Crippen LogP contribution in [0.5, 0.6) is 0 Å². The molecule has 110 valence electrons. The zero-order chi connectivity index (χ0) is 15.6. The van der Waals surface area contributed by atoms with Crippen LogP contribution in [0.3, 0.4) is 0 Å². The zero-order valence-corrected chi connectivity index (χ0v) is 11.6. The van der Waals surface area contributed by atoms with Crippen LogP contribution in [0.4, 0.5) is 20.2 Å². The predicted molar refractivity (Wildman–Crippen MR) is 76.3 cm³/mol. The smallest absolute Gasteiger partial charge is 0.298 e. The van der Waals surface area contributed by atoms with E-state index in [9.17, 15) is 18.9 Å². The summed E-state index contributed by atoms with van der Waals surface area (Å²) in [4.78, 5) is 10.1. The minimum atomic E-state index is -0.980. The molecule has 0 aliphatic carbocycles. The maximum absolute atomic E-state index is 13.7. The molecule has 0 aliphatic rings. The lowest BCUT2D eigenvalue weighted by atomic mass is 10.0. The van der Waals surface area contributed by atoms with Gasteiger partial charge in [0.1, 0.15) is 11.5 Å². The third-order valence-corrected chi connectivity index (χ3v) is 3.40. The SMILES string of the molecule is Cc1cccc(CNc2c(F)cc(F)cc2[N+](=O)[O-])c1C. The van der Waals surface area contributed by atoms with Gasteiger partial charge in [0.2, 0.25) is 0 Å². The Morgan fingerprint density at radius 2 is 1.95 bits per heavy atom. The molecule has 0 heterocycles. The first-order valence-electron chi connectivity index (χ1n) is 6.32. The Morgan fingerprint density at radius 1 is 1.24 bits per heavy atom. The Balaban J connectivity index is 2.32. The highest BCUT2D eigenvalue weighted by Gasteiger charge is 2.20. The molecule has 0 atom stereocenters.